The molecule has 28 heavy (non-hydrogen) atoms. The van der Waals surface area contributed by atoms with E-state index in [-0.39, 0.29) is 5.91 Å². The lowest BCUT2D eigenvalue weighted by molar-refractivity contribution is -0.121. The number of amides is 1. The van der Waals surface area contributed by atoms with Crippen LogP contribution in [0.3, 0.4) is 0 Å². The molecule has 2 aromatic heterocycles. The number of rotatable bonds is 6. The molecule has 1 aliphatic rings. The predicted molar refractivity (Wildman–Crippen MR) is 114 cm³/mol. The molecule has 1 aliphatic carbocycles. The summed E-state index contributed by atoms with van der Waals surface area (Å²) in [5.41, 5.74) is 3.15. The maximum absolute atomic E-state index is 12.7. The van der Waals surface area contributed by atoms with Crippen LogP contribution in [0.1, 0.15) is 69.8 Å². The molecule has 3 rings (SSSR count). The Morgan fingerprint density at radius 2 is 1.89 bits per heavy atom. The fraction of sp³-hybridized carbons (Fsp3) is 0.714. The zero-order valence-corrected chi connectivity index (χ0v) is 18.8. The molecule has 0 spiro atoms. The fourth-order valence-corrected chi connectivity index (χ4v) is 4.62. The number of hydrogen-bond donors (Lipinski definition) is 1. The topological polar surface area (TPSA) is 72.2 Å². The van der Waals surface area contributed by atoms with Gasteiger partial charge < -0.3 is 5.32 Å². The minimum absolute atomic E-state index is 0.0794. The van der Waals surface area contributed by atoms with E-state index >= 15 is 0 Å². The second kappa shape index (κ2) is 8.39. The molecule has 0 bridgehead atoms. The van der Waals surface area contributed by atoms with Crippen LogP contribution in [-0.4, -0.2) is 37.8 Å². The normalized spacial score (nSPS) is 20.5. The van der Waals surface area contributed by atoms with E-state index in [1.807, 2.05) is 20.1 Å². The van der Waals surface area contributed by atoms with Gasteiger partial charge in [-0.25, -0.2) is 9.50 Å². The molecule has 0 aromatic carbocycles. The highest BCUT2D eigenvalue weighted by Gasteiger charge is 2.32. The van der Waals surface area contributed by atoms with Crippen molar-refractivity contribution in [3.63, 3.8) is 0 Å². The second-order valence-electron chi connectivity index (χ2n) is 8.71. The van der Waals surface area contributed by atoms with Gasteiger partial charge in [0.1, 0.15) is 0 Å². The van der Waals surface area contributed by atoms with E-state index in [4.69, 9.17) is 0 Å². The van der Waals surface area contributed by atoms with Crippen LogP contribution in [0.25, 0.3) is 5.78 Å². The Morgan fingerprint density at radius 3 is 2.50 bits per heavy atom. The van der Waals surface area contributed by atoms with Crippen molar-refractivity contribution in [2.75, 3.05) is 6.26 Å². The third kappa shape index (κ3) is 4.34. The number of fused-ring (bicyclic) bond motifs is 1. The summed E-state index contributed by atoms with van der Waals surface area (Å²) in [4.78, 5) is 21.7. The van der Waals surface area contributed by atoms with E-state index < -0.39 is 0 Å². The lowest BCUT2D eigenvalue weighted by atomic mass is 9.69. The van der Waals surface area contributed by atoms with Crippen LogP contribution in [0, 0.1) is 25.2 Å². The quantitative estimate of drug-likeness (QED) is 0.735. The summed E-state index contributed by atoms with van der Waals surface area (Å²) in [5, 5.41) is 8.43. The molecule has 0 unspecified atom stereocenters. The van der Waals surface area contributed by atoms with Crippen molar-refractivity contribution >= 4 is 23.4 Å². The van der Waals surface area contributed by atoms with Gasteiger partial charge in [-0.3, -0.25) is 4.79 Å². The zero-order valence-electron chi connectivity index (χ0n) is 18.0. The van der Waals surface area contributed by atoms with Crippen molar-refractivity contribution in [1.82, 2.24) is 24.9 Å². The second-order valence-corrected chi connectivity index (χ2v) is 9.48. The highest BCUT2D eigenvalue weighted by atomic mass is 32.2. The Bertz CT molecular complexity index is 852. The largest absolute Gasteiger partial charge is 0.353 e. The number of nitrogens with one attached hydrogen (secondary N) is 1. The average molecular weight is 404 g/mol. The molecule has 0 saturated heterocycles. The maximum Gasteiger partial charge on any atom is 0.253 e. The molecule has 1 N–H and O–H groups in total. The van der Waals surface area contributed by atoms with Crippen LogP contribution in [0.2, 0.25) is 0 Å². The number of hydrogen-bond acceptors (Lipinski definition) is 5. The number of thioether (sulfide) groups is 1. The molecule has 154 valence electrons. The molecule has 7 heteroatoms. The van der Waals surface area contributed by atoms with Gasteiger partial charge in [-0.05, 0) is 57.1 Å². The van der Waals surface area contributed by atoms with Crippen molar-refractivity contribution < 1.29 is 4.79 Å². The first kappa shape index (κ1) is 21.1. The highest BCUT2D eigenvalue weighted by molar-refractivity contribution is 7.98. The molecule has 6 nitrogen and oxygen atoms in total. The number of carbonyl (C=O) groups is 1. The molecule has 2 heterocycles. The summed E-state index contributed by atoms with van der Waals surface area (Å²) in [6, 6.07) is 0.295. The number of carbonyl (C=O) groups excluding carboxylic acids is 1. The van der Waals surface area contributed by atoms with Gasteiger partial charge in [0.15, 0.2) is 0 Å². The third-order valence-corrected chi connectivity index (χ3v) is 7.20. The van der Waals surface area contributed by atoms with Crippen molar-refractivity contribution in [1.29, 1.82) is 0 Å². The van der Waals surface area contributed by atoms with Crippen LogP contribution in [0.15, 0.2) is 5.16 Å². The summed E-state index contributed by atoms with van der Waals surface area (Å²) in [5.74, 6) is 1.44. The summed E-state index contributed by atoms with van der Waals surface area (Å²) in [7, 11) is 0. The van der Waals surface area contributed by atoms with Crippen molar-refractivity contribution in [2.24, 2.45) is 11.3 Å². The first-order valence-corrected chi connectivity index (χ1v) is 11.5. The van der Waals surface area contributed by atoms with E-state index in [9.17, 15) is 4.79 Å². The van der Waals surface area contributed by atoms with Crippen molar-refractivity contribution in [3.05, 3.63) is 17.0 Å². The highest BCUT2D eigenvalue weighted by Crippen LogP contribution is 2.40. The smallest absolute Gasteiger partial charge is 0.253 e. The van der Waals surface area contributed by atoms with Crippen LogP contribution in [0.5, 0.6) is 0 Å². The maximum atomic E-state index is 12.7. The molecular formula is C21H33N5OS. The Balaban J connectivity index is 1.64. The lowest BCUT2D eigenvalue weighted by Crippen LogP contribution is -2.40. The van der Waals surface area contributed by atoms with Crippen LogP contribution in [-0.2, 0) is 11.2 Å². The first-order chi connectivity index (χ1) is 13.2. The minimum Gasteiger partial charge on any atom is -0.353 e. The summed E-state index contributed by atoms with van der Waals surface area (Å²) >= 11 is 1.49. The van der Waals surface area contributed by atoms with Crippen LogP contribution in [0.4, 0.5) is 0 Å². The number of aryl methyl sites for hydroxylation is 2. The molecule has 1 amide bonds. The average Bonchev–Trinajstić information content (AvgIpc) is 3.09. The number of nitrogens with zero attached hydrogens (tertiary/aromatic N) is 4. The van der Waals surface area contributed by atoms with Gasteiger partial charge in [-0.15, -0.1) is 5.10 Å². The van der Waals surface area contributed by atoms with E-state index in [1.165, 1.54) is 31.0 Å². The van der Waals surface area contributed by atoms with Gasteiger partial charge in [0.05, 0.1) is 6.42 Å². The van der Waals surface area contributed by atoms with Gasteiger partial charge in [0.25, 0.3) is 5.78 Å². The van der Waals surface area contributed by atoms with Gasteiger partial charge in [-0.2, -0.15) is 4.98 Å². The summed E-state index contributed by atoms with van der Waals surface area (Å²) in [6.07, 6.45) is 8.06. The molecule has 1 saturated carbocycles. The summed E-state index contributed by atoms with van der Waals surface area (Å²) < 4.78 is 1.75. The molecule has 2 aromatic rings. The van der Waals surface area contributed by atoms with Crippen LogP contribution >= 0.6 is 11.8 Å². The van der Waals surface area contributed by atoms with Gasteiger partial charge in [0, 0.05) is 23.0 Å². The third-order valence-electron chi connectivity index (χ3n) is 6.66. The molecular weight excluding hydrogens is 370 g/mol. The van der Waals surface area contributed by atoms with Gasteiger partial charge in [0.2, 0.25) is 11.1 Å². The Kier molecular flexibility index (Phi) is 6.32. The molecule has 0 radical (unpaired) electrons. The number of aromatic nitrogens is 4. The standard InChI is InChI=1S/C21H33N5OS/c1-7-21(4,5)15-8-10-16(11-9-15)23-18(27)12-17-13(2)22-19-24-20(28-6)25-26(19)14(17)3/h15-16H,7-12H2,1-6H3,(H,23,27). The molecule has 0 atom stereocenters. The van der Waals surface area contributed by atoms with Crippen molar-refractivity contribution in [3.8, 4) is 0 Å². The Labute approximate surface area is 172 Å². The van der Waals surface area contributed by atoms with Gasteiger partial charge in [-0.1, -0.05) is 39.0 Å². The Morgan fingerprint density at radius 1 is 1.21 bits per heavy atom. The SMILES string of the molecule is CCC(C)(C)C1CCC(NC(=O)Cc2c(C)nc3nc(SC)nn3c2C)CC1. The Hall–Kier alpha value is -1.63. The molecule has 0 aliphatic heterocycles. The van der Waals surface area contributed by atoms with Gasteiger partial charge >= 0.3 is 0 Å². The predicted octanol–water partition coefficient (Wildman–Crippen LogP) is 4.12. The van der Waals surface area contributed by atoms with E-state index in [1.54, 1.807) is 4.52 Å². The van der Waals surface area contributed by atoms with Crippen LogP contribution < -0.4 is 5.32 Å². The fourth-order valence-electron chi connectivity index (χ4n) is 4.28. The van der Waals surface area contributed by atoms with E-state index in [0.717, 1.165) is 35.7 Å². The summed E-state index contributed by atoms with van der Waals surface area (Å²) in [6.45, 7) is 11.0. The van der Waals surface area contributed by atoms with E-state index in [0.29, 0.717) is 28.8 Å². The monoisotopic (exact) mass is 403 g/mol. The molecule has 1 fully saturated rings. The zero-order chi connectivity index (χ0) is 20.5. The first-order valence-electron chi connectivity index (χ1n) is 10.3. The lowest BCUT2D eigenvalue weighted by Gasteiger charge is -2.39. The van der Waals surface area contributed by atoms with E-state index in [2.05, 4.69) is 41.2 Å². The minimum atomic E-state index is 0.0794. The van der Waals surface area contributed by atoms with Crippen molar-refractivity contribution in [2.45, 2.75) is 84.3 Å².